The number of benzene rings is 1. The first-order chi connectivity index (χ1) is 14.1. The second kappa shape index (κ2) is 12.6. The van der Waals surface area contributed by atoms with Gasteiger partial charge in [-0.3, -0.25) is 9.89 Å². The van der Waals surface area contributed by atoms with Gasteiger partial charge in [-0.15, -0.1) is 24.0 Å². The van der Waals surface area contributed by atoms with Crippen molar-refractivity contribution in [2.24, 2.45) is 10.9 Å². The number of guanidine groups is 1. The number of nitrogens with one attached hydrogen (secondary N) is 2. The van der Waals surface area contributed by atoms with Gasteiger partial charge in [0.1, 0.15) is 11.5 Å². The van der Waals surface area contributed by atoms with Crippen LogP contribution in [-0.2, 0) is 6.54 Å². The molecule has 2 aliphatic heterocycles. The van der Waals surface area contributed by atoms with Crippen molar-refractivity contribution in [1.29, 1.82) is 0 Å². The molecule has 170 valence electrons. The van der Waals surface area contributed by atoms with E-state index in [2.05, 4.69) is 46.5 Å². The number of ether oxygens (including phenoxy) is 2. The zero-order valence-electron chi connectivity index (χ0n) is 18.8. The first kappa shape index (κ1) is 25.0. The third-order valence-electron chi connectivity index (χ3n) is 5.77. The summed E-state index contributed by atoms with van der Waals surface area (Å²) < 4.78 is 10.8. The lowest BCUT2D eigenvalue weighted by Gasteiger charge is -2.20. The molecule has 7 nitrogen and oxygen atoms in total. The molecule has 2 heterocycles. The van der Waals surface area contributed by atoms with Crippen LogP contribution < -0.4 is 20.1 Å². The van der Waals surface area contributed by atoms with Crippen molar-refractivity contribution in [2.45, 2.75) is 32.4 Å². The van der Waals surface area contributed by atoms with E-state index in [-0.39, 0.29) is 24.0 Å². The lowest BCUT2D eigenvalue weighted by molar-refractivity contribution is 0.321. The smallest absolute Gasteiger partial charge is 0.191 e. The third-order valence-corrected chi connectivity index (χ3v) is 5.77. The average Bonchev–Trinajstić information content (AvgIpc) is 3.34. The third kappa shape index (κ3) is 7.46. The van der Waals surface area contributed by atoms with Crippen LogP contribution in [0.15, 0.2) is 23.2 Å². The summed E-state index contributed by atoms with van der Waals surface area (Å²) in [5, 5.41) is 7.06. The van der Waals surface area contributed by atoms with Crippen molar-refractivity contribution < 1.29 is 9.47 Å². The fraction of sp³-hybridized carbons (Fsp3) is 0.682. The maximum atomic E-state index is 5.40. The van der Waals surface area contributed by atoms with E-state index in [0.29, 0.717) is 12.0 Å². The van der Waals surface area contributed by atoms with Crippen molar-refractivity contribution in [2.75, 3.05) is 60.5 Å². The Balaban J connectivity index is 0.00000320. The van der Waals surface area contributed by atoms with Crippen LogP contribution in [0.4, 0.5) is 0 Å². The van der Waals surface area contributed by atoms with Gasteiger partial charge in [-0.2, -0.15) is 0 Å². The first-order valence-electron chi connectivity index (χ1n) is 10.8. The molecule has 0 amide bonds. The number of halogens is 1. The van der Waals surface area contributed by atoms with Gasteiger partial charge in [0.05, 0.1) is 14.2 Å². The van der Waals surface area contributed by atoms with Gasteiger partial charge in [-0.05, 0) is 57.0 Å². The van der Waals surface area contributed by atoms with Crippen LogP contribution in [0.25, 0.3) is 0 Å². The van der Waals surface area contributed by atoms with E-state index in [1.54, 1.807) is 14.2 Å². The Morgan fingerprint density at radius 3 is 2.43 bits per heavy atom. The highest BCUT2D eigenvalue weighted by molar-refractivity contribution is 14.0. The molecule has 8 heteroatoms. The van der Waals surface area contributed by atoms with Gasteiger partial charge in [0, 0.05) is 51.4 Å². The average molecular weight is 531 g/mol. The van der Waals surface area contributed by atoms with Crippen LogP contribution in [0, 0.1) is 5.92 Å². The van der Waals surface area contributed by atoms with Crippen molar-refractivity contribution in [3.05, 3.63) is 23.8 Å². The van der Waals surface area contributed by atoms with Crippen LogP contribution in [0.5, 0.6) is 11.5 Å². The predicted molar refractivity (Wildman–Crippen MR) is 133 cm³/mol. The van der Waals surface area contributed by atoms with Gasteiger partial charge in [0.25, 0.3) is 0 Å². The Bertz CT molecular complexity index is 665. The molecule has 0 spiro atoms. The summed E-state index contributed by atoms with van der Waals surface area (Å²) in [4.78, 5) is 9.73. The SMILES string of the molecule is CCNC(=NCC1CCN(C)C1)NC1CCN(Cc2cc(OC)cc(OC)c2)C1.I. The Morgan fingerprint density at radius 1 is 1.10 bits per heavy atom. The van der Waals surface area contributed by atoms with Gasteiger partial charge in [-0.1, -0.05) is 0 Å². The van der Waals surface area contributed by atoms with Crippen molar-refractivity contribution >= 4 is 29.9 Å². The molecule has 2 aliphatic rings. The molecule has 0 radical (unpaired) electrons. The molecule has 0 aliphatic carbocycles. The Kier molecular flexibility index (Phi) is 10.5. The monoisotopic (exact) mass is 531 g/mol. The van der Waals surface area contributed by atoms with E-state index < -0.39 is 0 Å². The molecule has 1 aromatic rings. The minimum Gasteiger partial charge on any atom is -0.497 e. The molecule has 1 aromatic carbocycles. The van der Waals surface area contributed by atoms with Gasteiger partial charge in [-0.25, -0.2) is 0 Å². The van der Waals surface area contributed by atoms with Gasteiger partial charge in [0.15, 0.2) is 5.96 Å². The highest BCUT2D eigenvalue weighted by Crippen LogP contribution is 2.24. The maximum Gasteiger partial charge on any atom is 0.191 e. The summed E-state index contributed by atoms with van der Waals surface area (Å²) in [5.74, 6) is 3.32. The maximum absolute atomic E-state index is 5.40. The molecular formula is C22H38IN5O2. The predicted octanol–water partition coefficient (Wildman–Crippen LogP) is 2.40. The quantitative estimate of drug-likeness (QED) is 0.305. The lowest BCUT2D eigenvalue weighted by Crippen LogP contribution is -2.44. The summed E-state index contributed by atoms with van der Waals surface area (Å²) in [5.41, 5.74) is 1.22. The number of hydrogen-bond donors (Lipinski definition) is 2. The molecule has 2 fully saturated rings. The van der Waals surface area contributed by atoms with Gasteiger partial charge < -0.3 is 25.0 Å². The number of rotatable bonds is 8. The molecule has 2 atom stereocenters. The van der Waals surface area contributed by atoms with Crippen LogP contribution in [0.2, 0.25) is 0 Å². The Labute approximate surface area is 198 Å². The Morgan fingerprint density at radius 2 is 1.83 bits per heavy atom. The largest absolute Gasteiger partial charge is 0.497 e. The van der Waals surface area contributed by atoms with E-state index in [9.17, 15) is 0 Å². The van der Waals surface area contributed by atoms with Crippen molar-refractivity contribution in [3.63, 3.8) is 0 Å². The number of aliphatic imine (C=N–C) groups is 1. The Hall–Kier alpha value is -1.26. The van der Waals surface area contributed by atoms with Gasteiger partial charge in [0.2, 0.25) is 0 Å². The van der Waals surface area contributed by atoms with Crippen molar-refractivity contribution in [3.8, 4) is 11.5 Å². The number of hydrogen-bond acceptors (Lipinski definition) is 5. The highest BCUT2D eigenvalue weighted by Gasteiger charge is 2.24. The minimum absolute atomic E-state index is 0. The van der Waals surface area contributed by atoms with Crippen LogP contribution in [0.3, 0.4) is 0 Å². The topological polar surface area (TPSA) is 61.4 Å². The molecule has 0 aromatic heterocycles. The van der Waals surface area contributed by atoms with Crippen LogP contribution >= 0.6 is 24.0 Å². The first-order valence-corrected chi connectivity index (χ1v) is 10.8. The van der Waals surface area contributed by atoms with E-state index in [0.717, 1.165) is 63.1 Å². The summed E-state index contributed by atoms with van der Waals surface area (Å²) in [6, 6.07) is 6.52. The number of nitrogens with zero attached hydrogens (tertiary/aromatic N) is 3. The second-order valence-corrected chi connectivity index (χ2v) is 8.22. The van der Waals surface area contributed by atoms with Crippen LogP contribution in [0.1, 0.15) is 25.3 Å². The summed E-state index contributed by atoms with van der Waals surface area (Å²) >= 11 is 0. The van der Waals surface area contributed by atoms with Crippen LogP contribution in [-0.4, -0.2) is 82.3 Å². The molecule has 30 heavy (non-hydrogen) atoms. The molecule has 3 rings (SSSR count). The van der Waals surface area contributed by atoms with E-state index in [4.69, 9.17) is 14.5 Å². The van der Waals surface area contributed by atoms with Crippen molar-refractivity contribution in [1.82, 2.24) is 20.4 Å². The molecule has 2 unspecified atom stereocenters. The fourth-order valence-corrected chi connectivity index (χ4v) is 4.22. The van der Waals surface area contributed by atoms with E-state index in [1.807, 2.05) is 6.07 Å². The highest BCUT2D eigenvalue weighted by atomic mass is 127. The molecular weight excluding hydrogens is 493 g/mol. The summed E-state index contributed by atoms with van der Waals surface area (Å²) in [7, 11) is 5.58. The molecule has 2 N–H and O–H groups in total. The second-order valence-electron chi connectivity index (χ2n) is 8.22. The number of methoxy groups -OCH3 is 2. The summed E-state index contributed by atoms with van der Waals surface area (Å²) in [6.45, 7) is 9.24. The standard InChI is InChI=1S/C22H37N5O2.HI/c1-5-23-22(24-13-17-6-8-26(2)14-17)25-19-7-9-27(16-19)15-18-10-20(28-3)12-21(11-18)29-4;/h10-12,17,19H,5-9,13-16H2,1-4H3,(H2,23,24,25);1H. The van der Waals surface area contributed by atoms with E-state index >= 15 is 0 Å². The molecule has 0 bridgehead atoms. The van der Waals surface area contributed by atoms with Gasteiger partial charge >= 0.3 is 0 Å². The molecule has 2 saturated heterocycles. The fourth-order valence-electron chi connectivity index (χ4n) is 4.22. The zero-order chi connectivity index (χ0) is 20.6. The normalized spacial score (nSPS) is 22.6. The number of likely N-dealkylation sites (tertiary alicyclic amines) is 2. The van der Waals surface area contributed by atoms with E-state index in [1.165, 1.54) is 18.5 Å². The summed E-state index contributed by atoms with van der Waals surface area (Å²) in [6.07, 6.45) is 2.37. The zero-order valence-corrected chi connectivity index (χ0v) is 21.1. The molecule has 0 saturated carbocycles. The minimum atomic E-state index is 0. The lowest BCUT2D eigenvalue weighted by atomic mass is 10.1.